The number of hydrogen-bond acceptors (Lipinski definition) is 5. The van der Waals surface area contributed by atoms with E-state index in [9.17, 15) is 10.1 Å². The molecule has 0 saturated carbocycles. The van der Waals surface area contributed by atoms with Gasteiger partial charge in [-0.25, -0.2) is 0 Å². The van der Waals surface area contributed by atoms with Gasteiger partial charge in [-0.2, -0.15) is 4.85 Å². The number of aryl methyl sites for hydroxylation is 1. The van der Waals surface area contributed by atoms with Crippen LogP contribution < -0.4 is 9.16 Å². The van der Waals surface area contributed by atoms with Crippen LogP contribution in [0.15, 0.2) is 18.2 Å². The highest BCUT2D eigenvalue weighted by Gasteiger charge is 2.15. The lowest BCUT2D eigenvalue weighted by molar-refractivity contribution is -0.480. The second-order valence-corrected chi connectivity index (χ2v) is 3.93. The summed E-state index contributed by atoms with van der Waals surface area (Å²) < 4.78 is 10.9. The molecule has 0 atom stereocenters. The minimum Gasteiger partial charge on any atom is -0.772 e. The van der Waals surface area contributed by atoms with Crippen molar-refractivity contribution in [2.45, 2.75) is 13.3 Å². The second kappa shape index (κ2) is 5.66. The molecule has 7 nitrogen and oxygen atoms in total. The number of aromatic nitrogens is 3. The zero-order valence-electron chi connectivity index (χ0n) is 10.8. The van der Waals surface area contributed by atoms with E-state index in [0.29, 0.717) is 34.7 Å². The van der Waals surface area contributed by atoms with Crippen molar-refractivity contribution in [3.05, 3.63) is 34.1 Å². The number of rotatable bonds is 5. The topological polar surface area (TPSA) is 82.3 Å². The average molecular weight is 265 g/mol. The normalized spacial score (nSPS) is 10.8. The summed E-state index contributed by atoms with van der Waals surface area (Å²) in [5.41, 5.74) is 0.461. The maximum absolute atomic E-state index is 12.0. The minimum atomic E-state index is 0.177. The predicted octanol–water partition coefficient (Wildman–Crippen LogP) is 0.884. The molecule has 0 unspecified atom stereocenters. The maximum Gasteiger partial charge on any atom is 0.367 e. The van der Waals surface area contributed by atoms with Crippen molar-refractivity contribution >= 4 is 11.0 Å². The molecule has 1 aromatic carbocycles. The highest BCUT2D eigenvalue weighted by Crippen LogP contribution is 2.17. The molecule has 2 rings (SSSR count). The van der Waals surface area contributed by atoms with Crippen molar-refractivity contribution in [2.24, 2.45) is 0 Å². The van der Waals surface area contributed by atoms with Crippen LogP contribution in [0.1, 0.15) is 12.7 Å². The summed E-state index contributed by atoms with van der Waals surface area (Å²) in [6.07, 6.45) is 0.385. The third-order valence-electron chi connectivity index (χ3n) is 2.68. The summed E-state index contributed by atoms with van der Waals surface area (Å²) in [4.78, 5) is 12.5. The fraction of sp³-hybridized carbons (Fsp3) is 0.417. The SMILES string of the molecule is CCc1nn([O-])c2ccc(OCCOC)cc2[n+]1=O. The first-order valence-corrected chi connectivity index (χ1v) is 5.95. The molecule has 1 heterocycles. The van der Waals surface area contributed by atoms with Gasteiger partial charge in [-0.3, -0.25) is 0 Å². The molecule has 0 bridgehead atoms. The Balaban J connectivity index is 2.46. The van der Waals surface area contributed by atoms with Crippen LogP contribution in [0, 0.1) is 10.1 Å². The van der Waals surface area contributed by atoms with Crippen LogP contribution in [0.4, 0.5) is 0 Å². The van der Waals surface area contributed by atoms with E-state index in [-0.39, 0.29) is 16.9 Å². The zero-order chi connectivity index (χ0) is 13.8. The number of methoxy groups -OCH3 is 1. The number of nitrogens with zero attached hydrogens (tertiary/aromatic N) is 3. The third-order valence-corrected chi connectivity index (χ3v) is 2.68. The van der Waals surface area contributed by atoms with Crippen molar-refractivity contribution in [3.8, 4) is 5.75 Å². The van der Waals surface area contributed by atoms with E-state index in [1.54, 1.807) is 20.1 Å². The number of hydrogen-bond donors (Lipinski definition) is 0. The van der Waals surface area contributed by atoms with Gasteiger partial charge in [0.15, 0.2) is 0 Å². The highest BCUT2D eigenvalue weighted by molar-refractivity contribution is 5.73. The van der Waals surface area contributed by atoms with Gasteiger partial charge in [-0.15, -0.1) is 0 Å². The van der Waals surface area contributed by atoms with Crippen molar-refractivity contribution < 1.29 is 13.9 Å². The third kappa shape index (κ3) is 2.65. The van der Waals surface area contributed by atoms with Crippen molar-refractivity contribution in [1.29, 1.82) is 0 Å². The molecule has 0 spiro atoms. The monoisotopic (exact) mass is 265 g/mol. The fourth-order valence-electron chi connectivity index (χ4n) is 1.71. The molecular weight excluding hydrogens is 250 g/mol. The van der Waals surface area contributed by atoms with Gasteiger partial charge in [0.25, 0.3) is 0 Å². The number of ether oxygens (including phenoxy) is 2. The lowest BCUT2D eigenvalue weighted by atomic mass is 10.3. The van der Waals surface area contributed by atoms with E-state index in [0.717, 1.165) is 0 Å². The van der Waals surface area contributed by atoms with Gasteiger partial charge in [0, 0.05) is 17.6 Å². The molecule has 0 amide bonds. The van der Waals surface area contributed by atoms with Crippen LogP contribution in [0.5, 0.6) is 5.75 Å². The van der Waals surface area contributed by atoms with Crippen LogP contribution in [0.2, 0.25) is 0 Å². The molecule has 0 fully saturated rings. The summed E-state index contributed by atoms with van der Waals surface area (Å²) in [5, 5.41) is 15.4. The number of fused-ring (bicyclic) bond motifs is 1. The van der Waals surface area contributed by atoms with Crippen LogP contribution >= 0.6 is 0 Å². The Morgan fingerprint density at radius 3 is 2.89 bits per heavy atom. The molecule has 0 aliphatic carbocycles. The molecule has 0 aliphatic rings. The van der Waals surface area contributed by atoms with Crippen LogP contribution in [-0.4, -0.2) is 30.3 Å². The molecule has 19 heavy (non-hydrogen) atoms. The lowest BCUT2D eigenvalue weighted by Crippen LogP contribution is -2.26. The van der Waals surface area contributed by atoms with Crippen LogP contribution in [0.3, 0.4) is 0 Å². The second-order valence-electron chi connectivity index (χ2n) is 3.93. The van der Waals surface area contributed by atoms with E-state index in [4.69, 9.17) is 9.47 Å². The largest absolute Gasteiger partial charge is 0.772 e. The summed E-state index contributed by atoms with van der Waals surface area (Å²) in [6.45, 7) is 2.60. The lowest BCUT2D eigenvalue weighted by Gasteiger charge is -2.08. The summed E-state index contributed by atoms with van der Waals surface area (Å²) in [6, 6.07) is 4.68. The standard InChI is InChI=1S/C12H15N3O4/c1-3-12-13-15(17)10-5-4-9(19-7-6-18-2)8-11(10)14(12)16/h4-5,8H,3,6-7H2,1-2H3. The molecule has 7 heteroatoms. The van der Waals surface area contributed by atoms with Crippen molar-refractivity contribution in [1.82, 2.24) is 9.94 Å². The van der Waals surface area contributed by atoms with Gasteiger partial charge in [-0.1, -0.05) is 11.8 Å². The Morgan fingerprint density at radius 1 is 1.42 bits per heavy atom. The quantitative estimate of drug-likeness (QED) is 0.592. The Bertz CT molecular complexity index is 639. The molecule has 2 aromatic rings. The van der Waals surface area contributed by atoms with E-state index < -0.39 is 0 Å². The maximum atomic E-state index is 12.0. The predicted molar refractivity (Wildman–Crippen MR) is 68.6 cm³/mol. The zero-order valence-corrected chi connectivity index (χ0v) is 10.8. The van der Waals surface area contributed by atoms with Crippen molar-refractivity contribution in [2.75, 3.05) is 20.3 Å². The minimum absolute atomic E-state index is 0.177. The Hall–Kier alpha value is -2.15. The number of benzene rings is 1. The molecule has 1 aromatic heterocycles. The molecule has 0 radical (unpaired) electrons. The van der Waals surface area contributed by atoms with E-state index in [1.165, 1.54) is 12.1 Å². The molecule has 0 N–H and O–H groups in total. The molecular formula is C12H15N3O4. The first kappa shape index (κ1) is 13.3. The Kier molecular flexibility index (Phi) is 3.96. The van der Waals surface area contributed by atoms with E-state index in [1.807, 2.05) is 0 Å². The van der Waals surface area contributed by atoms with Crippen LogP contribution in [-0.2, 0) is 11.2 Å². The van der Waals surface area contributed by atoms with Crippen LogP contribution in [0.25, 0.3) is 11.0 Å². The van der Waals surface area contributed by atoms with Gasteiger partial charge in [0.1, 0.15) is 17.9 Å². The Labute approximate surface area is 109 Å². The first-order valence-electron chi connectivity index (χ1n) is 5.95. The summed E-state index contributed by atoms with van der Waals surface area (Å²) in [7, 11) is 1.58. The molecule has 102 valence electrons. The van der Waals surface area contributed by atoms with Gasteiger partial charge < -0.3 is 14.7 Å². The summed E-state index contributed by atoms with van der Waals surface area (Å²) >= 11 is 0. The van der Waals surface area contributed by atoms with E-state index in [2.05, 4.69) is 5.10 Å². The Morgan fingerprint density at radius 2 is 2.21 bits per heavy atom. The van der Waals surface area contributed by atoms with Gasteiger partial charge >= 0.3 is 5.82 Å². The molecule has 0 saturated heterocycles. The van der Waals surface area contributed by atoms with E-state index >= 15 is 0 Å². The summed E-state index contributed by atoms with van der Waals surface area (Å²) in [5.74, 6) is 0.693. The smallest absolute Gasteiger partial charge is 0.367 e. The highest BCUT2D eigenvalue weighted by atomic mass is 16.5. The average Bonchev–Trinajstić information content (AvgIpc) is 2.43. The van der Waals surface area contributed by atoms with Gasteiger partial charge in [0.05, 0.1) is 18.1 Å². The van der Waals surface area contributed by atoms with Gasteiger partial charge in [0.2, 0.25) is 5.52 Å². The van der Waals surface area contributed by atoms with Gasteiger partial charge in [-0.05, 0) is 12.1 Å². The van der Waals surface area contributed by atoms with Crippen molar-refractivity contribution in [3.63, 3.8) is 0 Å². The fourth-order valence-corrected chi connectivity index (χ4v) is 1.71. The molecule has 0 aliphatic heterocycles. The first-order chi connectivity index (χ1) is 9.17.